The molecule has 0 aliphatic carbocycles. The Kier molecular flexibility index (Phi) is 8.01. The van der Waals surface area contributed by atoms with Crippen molar-refractivity contribution >= 4 is 5.95 Å². The summed E-state index contributed by atoms with van der Waals surface area (Å²) < 4.78 is 82.8. The Hall–Kier alpha value is -3.15. The Bertz CT molecular complexity index is 1180. The van der Waals surface area contributed by atoms with Crippen molar-refractivity contribution in [3.8, 4) is 11.1 Å². The summed E-state index contributed by atoms with van der Waals surface area (Å²) in [7, 11) is 1.77. The molecule has 12 heteroatoms. The first-order chi connectivity index (χ1) is 17.9. The molecule has 1 aliphatic rings. The number of nitrogens with one attached hydrogen (secondary N) is 1. The fraction of sp³-hybridized carbons (Fsp3) is 0.500. The number of benzene rings is 1. The number of hydrogen-bond acceptors (Lipinski definition) is 5. The van der Waals surface area contributed by atoms with E-state index in [0.29, 0.717) is 18.4 Å². The molecule has 0 amide bonds. The SMILES string of the molecule is CCC1CC(N(Cc2cc(C(F)(F)F)cc(C(F)(F)F)c2)c2ncc(-c3cnn(C)c3)cn2)CC(CC)N1. The predicted molar refractivity (Wildman–Crippen MR) is 131 cm³/mol. The third kappa shape index (κ3) is 6.46. The van der Waals surface area contributed by atoms with E-state index >= 15 is 0 Å². The summed E-state index contributed by atoms with van der Waals surface area (Å²) >= 11 is 0. The highest BCUT2D eigenvalue weighted by Crippen LogP contribution is 2.37. The zero-order valence-corrected chi connectivity index (χ0v) is 21.3. The Balaban J connectivity index is 1.75. The van der Waals surface area contributed by atoms with Crippen LogP contribution in [-0.2, 0) is 25.9 Å². The monoisotopic (exact) mass is 540 g/mol. The van der Waals surface area contributed by atoms with Gasteiger partial charge in [-0.15, -0.1) is 0 Å². The van der Waals surface area contributed by atoms with Crippen molar-refractivity contribution in [2.75, 3.05) is 4.90 Å². The zero-order chi connectivity index (χ0) is 27.7. The van der Waals surface area contributed by atoms with Gasteiger partial charge in [0.1, 0.15) is 0 Å². The molecule has 3 heterocycles. The number of aryl methyl sites for hydroxylation is 1. The highest BCUT2D eigenvalue weighted by atomic mass is 19.4. The normalized spacial score (nSPS) is 20.5. The van der Waals surface area contributed by atoms with E-state index in [-0.39, 0.29) is 42.2 Å². The van der Waals surface area contributed by atoms with Crippen LogP contribution in [0.15, 0.2) is 43.0 Å². The van der Waals surface area contributed by atoms with Crippen LogP contribution in [0.5, 0.6) is 0 Å². The molecule has 6 nitrogen and oxygen atoms in total. The lowest BCUT2D eigenvalue weighted by Crippen LogP contribution is -2.52. The first kappa shape index (κ1) is 27.9. The second-order valence-corrected chi connectivity index (χ2v) is 9.72. The Labute approximate surface area is 217 Å². The molecule has 4 rings (SSSR count). The van der Waals surface area contributed by atoms with Crippen molar-refractivity contribution in [1.82, 2.24) is 25.1 Å². The van der Waals surface area contributed by atoms with Gasteiger partial charge in [-0.2, -0.15) is 31.4 Å². The molecule has 1 saturated heterocycles. The summed E-state index contributed by atoms with van der Waals surface area (Å²) in [6, 6.07) is 1.84. The van der Waals surface area contributed by atoms with Crippen LogP contribution in [0.3, 0.4) is 0 Å². The summed E-state index contributed by atoms with van der Waals surface area (Å²) in [5.41, 5.74) is -1.29. The summed E-state index contributed by atoms with van der Waals surface area (Å²) in [6.07, 6.45) is -0.213. The van der Waals surface area contributed by atoms with Gasteiger partial charge in [0.15, 0.2) is 0 Å². The fourth-order valence-corrected chi connectivity index (χ4v) is 4.91. The topological polar surface area (TPSA) is 58.9 Å². The fourth-order valence-electron chi connectivity index (χ4n) is 4.91. The number of rotatable bonds is 7. The number of halogens is 6. The van der Waals surface area contributed by atoms with Gasteiger partial charge < -0.3 is 10.2 Å². The van der Waals surface area contributed by atoms with E-state index in [1.54, 1.807) is 41.4 Å². The van der Waals surface area contributed by atoms with E-state index < -0.39 is 23.5 Å². The Morgan fingerprint density at radius 3 is 1.87 bits per heavy atom. The number of hydrogen-bond donors (Lipinski definition) is 1. The van der Waals surface area contributed by atoms with Gasteiger partial charge in [0.05, 0.1) is 17.3 Å². The van der Waals surface area contributed by atoms with Gasteiger partial charge in [-0.25, -0.2) is 9.97 Å². The minimum atomic E-state index is -4.92. The highest BCUT2D eigenvalue weighted by molar-refractivity contribution is 5.60. The van der Waals surface area contributed by atoms with Crippen molar-refractivity contribution in [1.29, 1.82) is 0 Å². The predicted octanol–water partition coefficient (Wildman–Crippen LogP) is 6.23. The van der Waals surface area contributed by atoms with Crippen LogP contribution in [-0.4, -0.2) is 37.9 Å². The maximum atomic E-state index is 13.5. The first-order valence-corrected chi connectivity index (χ1v) is 12.5. The van der Waals surface area contributed by atoms with Crippen molar-refractivity contribution in [2.45, 2.75) is 76.6 Å². The third-order valence-corrected chi connectivity index (χ3v) is 6.94. The summed E-state index contributed by atoms with van der Waals surface area (Å²) in [5, 5.41) is 7.70. The van der Waals surface area contributed by atoms with E-state index in [0.717, 1.165) is 30.5 Å². The first-order valence-electron chi connectivity index (χ1n) is 12.5. The summed E-state index contributed by atoms with van der Waals surface area (Å²) in [6.45, 7) is 3.88. The molecule has 2 atom stereocenters. The van der Waals surface area contributed by atoms with Gasteiger partial charge >= 0.3 is 12.4 Å². The Morgan fingerprint density at radius 2 is 1.42 bits per heavy atom. The number of alkyl halides is 6. The number of anilines is 1. The van der Waals surface area contributed by atoms with Crippen LogP contribution in [0.4, 0.5) is 32.3 Å². The van der Waals surface area contributed by atoms with E-state index in [4.69, 9.17) is 0 Å². The molecule has 3 aromatic rings. The van der Waals surface area contributed by atoms with Crippen LogP contribution in [0, 0.1) is 0 Å². The molecule has 1 aromatic carbocycles. The molecule has 206 valence electrons. The van der Waals surface area contributed by atoms with Crippen LogP contribution in [0.25, 0.3) is 11.1 Å². The molecule has 1 aliphatic heterocycles. The standard InChI is InChI=1S/C26H30F6N6/c1-4-21-9-23(10-22(5-2)36-21)38(24-33-11-17(12-34-24)18-13-35-37(3)15-18)14-16-6-19(25(27,28)29)8-20(7-16)26(30,31)32/h6-8,11-13,15,21-23,36H,4-5,9-10,14H2,1-3H3. The lowest BCUT2D eigenvalue weighted by atomic mass is 9.89. The van der Waals surface area contributed by atoms with Crippen molar-refractivity contribution < 1.29 is 26.3 Å². The second kappa shape index (κ2) is 10.9. The minimum absolute atomic E-state index is 0.105. The summed E-state index contributed by atoms with van der Waals surface area (Å²) in [4.78, 5) is 10.7. The van der Waals surface area contributed by atoms with Gasteiger partial charge in [0.25, 0.3) is 0 Å². The average molecular weight is 541 g/mol. The van der Waals surface area contributed by atoms with Gasteiger partial charge in [0, 0.05) is 61.4 Å². The van der Waals surface area contributed by atoms with Gasteiger partial charge in [-0.3, -0.25) is 4.68 Å². The van der Waals surface area contributed by atoms with Gasteiger partial charge in [-0.1, -0.05) is 13.8 Å². The number of nitrogens with zero attached hydrogens (tertiary/aromatic N) is 5. The maximum absolute atomic E-state index is 13.5. The molecule has 2 unspecified atom stereocenters. The molecule has 2 aromatic heterocycles. The molecule has 0 radical (unpaired) electrons. The zero-order valence-electron chi connectivity index (χ0n) is 21.3. The molecular formula is C26H30F6N6. The van der Waals surface area contributed by atoms with Crippen molar-refractivity contribution in [2.24, 2.45) is 7.05 Å². The van der Waals surface area contributed by atoms with E-state index in [9.17, 15) is 26.3 Å². The van der Waals surface area contributed by atoms with Crippen LogP contribution in [0.1, 0.15) is 56.2 Å². The van der Waals surface area contributed by atoms with Gasteiger partial charge in [0.2, 0.25) is 5.95 Å². The molecular weight excluding hydrogens is 510 g/mol. The molecule has 0 saturated carbocycles. The number of piperidine rings is 1. The maximum Gasteiger partial charge on any atom is 0.416 e. The molecule has 0 bridgehead atoms. The molecule has 38 heavy (non-hydrogen) atoms. The van der Waals surface area contributed by atoms with Crippen LogP contribution >= 0.6 is 0 Å². The average Bonchev–Trinajstić information content (AvgIpc) is 3.32. The Morgan fingerprint density at radius 1 is 0.868 bits per heavy atom. The third-order valence-electron chi connectivity index (χ3n) is 6.94. The van der Waals surface area contributed by atoms with Gasteiger partial charge in [-0.05, 0) is 49.4 Å². The minimum Gasteiger partial charge on any atom is -0.333 e. The van der Waals surface area contributed by atoms with E-state index in [1.807, 2.05) is 13.8 Å². The lowest BCUT2D eigenvalue weighted by Gasteiger charge is -2.41. The highest BCUT2D eigenvalue weighted by Gasteiger charge is 2.38. The van der Waals surface area contributed by atoms with Crippen molar-refractivity contribution in [3.05, 3.63) is 59.7 Å². The second-order valence-electron chi connectivity index (χ2n) is 9.72. The molecule has 1 fully saturated rings. The molecule has 0 spiro atoms. The van der Waals surface area contributed by atoms with E-state index in [1.165, 1.54) is 0 Å². The van der Waals surface area contributed by atoms with E-state index in [2.05, 4.69) is 20.4 Å². The largest absolute Gasteiger partial charge is 0.416 e. The quantitative estimate of drug-likeness (QED) is 0.360. The number of aromatic nitrogens is 4. The smallest absolute Gasteiger partial charge is 0.333 e. The summed E-state index contributed by atoms with van der Waals surface area (Å²) in [5.74, 6) is 0.250. The molecule has 1 N–H and O–H groups in total. The van der Waals surface area contributed by atoms with Crippen LogP contribution in [0.2, 0.25) is 0 Å². The lowest BCUT2D eigenvalue weighted by molar-refractivity contribution is -0.143. The van der Waals surface area contributed by atoms with Crippen molar-refractivity contribution in [3.63, 3.8) is 0 Å². The van der Waals surface area contributed by atoms with Crippen LogP contribution < -0.4 is 10.2 Å².